The highest BCUT2D eigenvalue weighted by atomic mass is 16.2. The van der Waals surface area contributed by atoms with Crippen molar-refractivity contribution < 1.29 is 4.79 Å². The van der Waals surface area contributed by atoms with Crippen LogP contribution in [0.3, 0.4) is 0 Å². The van der Waals surface area contributed by atoms with Crippen molar-refractivity contribution in [3.8, 4) is 5.69 Å². The molecule has 0 aliphatic heterocycles. The van der Waals surface area contributed by atoms with Crippen molar-refractivity contribution in [1.29, 1.82) is 0 Å². The molecule has 4 rings (SSSR count). The quantitative estimate of drug-likeness (QED) is 0.497. The third-order valence-corrected chi connectivity index (χ3v) is 4.63. The predicted molar refractivity (Wildman–Crippen MR) is 106 cm³/mol. The van der Waals surface area contributed by atoms with Crippen LogP contribution in [-0.4, -0.2) is 36.8 Å². The number of H-pyrrole nitrogens is 1. The van der Waals surface area contributed by atoms with Gasteiger partial charge in [0.25, 0.3) is 0 Å². The zero-order valence-electron chi connectivity index (χ0n) is 15.4. The van der Waals surface area contributed by atoms with E-state index >= 15 is 0 Å². The van der Waals surface area contributed by atoms with E-state index in [2.05, 4.69) is 20.4 Å². The molecule has 1 amide bonds. The Morgan fingerprint density at radius 2 is 1.93 bits per heavy atom. The maximum atomic E-state index is 12.8. The second-order valence-corrected chi connectivity index (χ2v) is 6.60. The van der Waals surface area contributed by atoms with Gasteiger partial charge in [-0.25, -0.2) is 9.67 Å². The van der Waals surface area contributed by atoms with E-state index in [1.807, 2.05) is 76.5 Å². The Balaban J connectivity index is 1.35. The number of benzene rings is 1. The molecule has 7 heteroatoms. The van der Waals surface area contributed by atoms with E-state index in [-0.39, 0.29) is 11.9 Å². The van der Waals surface area contributed by atoms with Crippen LogP contribution in [0.4, 0.5) is 0 Å². The van der Waals surface area contributed by atoms with Crippen molar-refractivity contribution >= 4 is 5.91 Å². The van der Waals surface area contributed by atoms with Gasteiger partial charge in [0.2, 0.25) is 5.91 Å². The van der Waals surface area contributed by atoms with Gasteiger partial charge in [0.05, 0.1) is 18.2 Å². The van der Waals surface area contributed by atoms with E-state index in [0.29, 0.717) is 13.0 Å². The summed E-state index contributed by atoms with van der Waals surface area (Å²) >= 11 is 0. The molecule has 0 saturated heterocycles. The van der Waals surface area contributed by atoms with Gasteiger partial charge in [0.1, 0.15) is 6.04 Å². The lowest BCUT2D eigenvalue weighted by Crippen LogP contribution is -2.34. The van der Waals surface area contributed by atoms with Crippen molar-refractivity contribution in [2.24, 2.45) is 0 Å². The average molecular weight is 374 g/mol. The molecule has 0 bridgehead atoms. The topological polar surface area (TPSA) is 80.5 Å². The summed E-state index contributed by atoms with van der Waals surface area (Å²) in [6, 6.07) is 13.5. The van der Waals surface area contributed by atoms with Crippen LogP contribution in [0.2, 0.25) is 0 Å². The predicted octanol–water partition coefficient (Wildman–Crippen LogP) is 2.54. The third-order valence-electron chi connectivity index (χ3n) is 4.63. The zero-order chi connectivity index (χ0) is 19.2. The first-order valence-electron chi connectivity index (χ1n) is 9.26. The van der Waals surface area contributed by atoms with Crippen LogP contribution >= 0.6 is 0 Å². The number of rotatable bonds is 8. The Morgan fingerprint density at radius 1 is 1.11 bits per heavy atom. The van der Waals surface area contributed by atoms with E-state index in [4.69, 9.17) is 0 Å². The van der Waals surface area contributed by atoms with E-state index < -0.39 is 0 Å². The first kappa shape index (κ1) is 17.8. The van der Waals surface area contributed by atoms with Crippen LogP contribution in [0.25, 0.3) is 5.69 Å². The Hall–Kier alpha value is -3.61. The SMILES string of the molecule is O=C(NCCc1cnn(-c2ccccc2)c1)[C@H](Cc1cnc[nH]1)n1cccc1. The molecule has 3 heterocycles. The fraction of sp³-hybridized carbons (Fsp3) is 0.190. The van der Waals surface area contributed by atoms with Crippen molar-refractivity contribution in [2.75, 3.05) is 6.54 Å². The molecule has 7 nitrogen and oxygen atoms in total. The number of amides is 1. The number of aromatic nitrogens is 5. The van der Waals surface area contributed by atoms with Crippen LogP contribution in [0.15, 0.2) is 79.8 Å². The summed E-state index contributed by atoms with van der Waals surface area (Å²) in [5.41, 5.74) is 3.03. The van der Waals surface area contributed by atoms with Crippen LogP contribution in [-0.2, 0) is 17.6 Å². The summed E-state index contributed by atoms with van der Waals surface area (Å²) in [5.74, 6) is -0.0127. The molecule has 0 aliphatic rings. The van der Waals surface area contributed by atoms with Gasteiger partial charge < -0.3 is 14.9 Å². The number of aromatic amines is 1. The number of imidazole rings is 1. The lowest BCUT2D eigenvalue weighted by atomic mass is 10.1. The molecule has 0 fully saturated rings. The standard InChI is InChI=1S/C21H22N6O/c28-21(20(26-10-4-5-11-26)12-18-14-22-16-24-18)23-9-8-17-13-25-27(15-17)19-6-2-1-3-7-19/h1-7,10-11,13-16,20H,8-9,12H2,(H,22,24)(H,23,28)/t20-/m0/s1. The van der Waals surface area contributed by atoms with Gasteiger partial charge in [0, 0.05) is 43.4 Å². The van der Waals surface area contributed by atoms with Gasteiger partial charge in [0.15, 0.2) is 0 Å². The summed E-state index contributed by atoms with van der Waals surface area (Å²) in [6.07, 6.45) is 12.3. The minimum absolute atomic E-state index is 0.0127. The lowest BCUT2D eigenvalue weighted by Gasteiger charge is -2.18. The number of carbonyl (C=O) groups is 1. The number of nitrogens with one attached hydrogen (secondary N) is 2. The first-order valence-corrected chi connectivity index (χ1v) is 9.26. The highest BCUT2D eigenvalue weighted by Gasteiger charge is 2.20. The summed E-state index contributed by atoms with van der Waals surface area (Å²) in [4.78, 5) is 19.9. The smallest absolute Gasteiger partial charge is 0.243 e. The monoisotopic (exact) mass is 374 g/mol. The highest BCUT2D eigenvalue weighted by molar-refractivity contribution is 5.80. The van der Waals surface area contributed by atoms with E-state index in [1.54, 1.807) is 12.5 Å². The fourth-order valence-electron chi connectivity index (χ4n) is 3.15. The Kier molecular flexibility index (Phi) is 5.33. The largest absolute Gasteiger partial charge is 0.354 e. The minimum atomic E-state index is -0.317. The average Bonchev–Trinajstić information content (AvgIpc) is 3.49. The van der Waals surface area contributed by atoms with Gasteiger partial charge in [-0.05, 0) is 36.2 Å². The van der Waals surface area contributed by atoms with Crippen molar-refractivity contribution in [3.63, 3.8) is 0 Å². The van der Waals surface area contributed by atoms with Gasteiger partial charge in [-0.1, -0.05) is 18.2 Å². The van der Waals surface area contributed by atoms with Crippen LogP contribution < -0.4 is 5.32 Å². The normalized spacial score (nSPS) is 12.0. The van der Waals surface area contributed by atoms with E-state index in [0.717, 1.165) is 23.4 Å². The summed E-state index contributed by atoms with van der Waals surface area (Å²) < 4.78 is 3.77. The fourth-order valence-corrected chi connectivity index (χ4v) is 3.15. The van der Waals surface area contributed by atoms with Crippen molar-refractivity contribution in [1.82, 2.24) is 29.6 Å². The second-order valence-electron chi connectivity index (χ2n) is 6.60. The number of hydrogen-bond acceptors (Lipinski definition) is 3. The first-order chi connectivity index (χ1) is 13.8. The molecule has 1 atom stereocenters. The van der Waals surface area contributed by atoms with Crippen molar-refractivity contribution in [2.45, 2.75) is 18.9 Å². The van der Waals surface area contributed by atoms with Gasteiger partial charge in [-0.3, -0.25) is 4.79 Å². The summed E-state index contributed by atoms with van der Waals surface area (Å²) in [6.45, 7) is 0.556. The Labute approximate surface area is 163 Å². The molecule has 0 radical (unpaired) electrons. The maximum absolute atomic E-state index is 12.8. The molecule has 142 valence electrons. The Morgan fingerprint density at radius 3 is 2.68 bits per heavy atom. The molecular weight excluding hydrogens is 352 g/mol. The molecule has 2 N–H and O–H groups in total. The molecule has 4 aromatic rings. The number of nitrogens with zero attached hydrogens (tertiary/aromatic N) is 4. The minimum Gasteiger partial charge on any atom is -0.354 e. The summed E-state index contributed by atoms with van der Waals surface area (Å²) in [5, 5.41) is 7.45. The Bertz CT molecular complexity index is 989. The number of para-hydroxylation sites is 1. The molecule has 28 heavy (non-hydrogen) atoms. The number of hydrogen-bond donors (Lipinski definition) is 2. The van der Waals surface area contributed by atoms with Crippen LogP contribution in [0.1, 0.15) is 17.3 Å². The van der Waals surface area contributed by atoms with Crippen molar-refractivity contribution in [3.05, 3.63) is 91.0 Å². The second kappa shape index (κ2) is 8.39. The molecule has 3 aromatic heterocycles. The molecule has 0 unspecified atom stereocenters. The maximum Gasteiger partial charge on any atom is 0.243 e. The van der Waals surface area contributed by atoms with Gasteiger partial charge in [-0.15, -0.1) is 0 Å². The molecular formula is C21H22N6O. The van der Waals surface area contributed by atoms with E-state index in [1.165, 1.54) is 0 Å². The molecule has 1 aromatic carbocycles. The highest BCUT2D eigenvalue weighted by Crippen LogP contribution is 2.14. The lowest BCUT2D eigenvalue weighted by molar-refractivity contribution is -0.124. The molecule has 0 aliphatic carbocycles. The van der Waals surface area contributed by atoms with E-state index in [9.17, 15) is 4.79 Å². The zero-order valence-corrected chi connectivity index (χ0v) is 15.4. The summed E-state index contributed by atoms with van der Waals surface area (Å²) in [7, 11) is 0. The molecule has 0 saturated carbocycles. The van der Waals surface area contributed by atoms with Gasteiger partial charge in [-0.2, -0.15) is 5.10 Å². The molecule has 0 spiro atoms. The third kappa shape index (κ3) is 4.20. The van der Waals surface area contributed by atoms with Crippen LogP contribution in [0.5, 0.6) is 0 Å². The van der Waals surface area contributed by atoms with Gasteiger partial charge >= 0.3 is 0 Å². The van der Waals surface area contributed by atoms with Crippen LogP contribution in [0, 0.1) is 0 Å². The number of carbonyl (C=O) groups excluding carboxylic acids is 1.